The van der Waals surface area contributed by atoms with E-state index in [1.54, 1.807) is 54.9 Å². The number of nitrogens with zero attached hydrogens (tertiary/aromatic N) is 2. The zero-order valence-corrected chi connectivity index (χ0v) is 15.4. The smallest absolute Gasteiger partial charge is 0.259 e. The van der Waals surface area contributed by atoms with Crippen LogP contribution in [-0.4, -0.2) is 28.2 Å². The molecule has 0 bridgehead atoms. The minimum atomic E-state index is -0.568. The van der Waals surface area contributed by atoms with E-state index in [1.165, 1.54) is 12.1 Å². The molecule has 0 unspecified atom stereocenters. The first-order valence-electron chi connectivity index (χ1n) is 8.50. The van der Waals surface area contributed by atoms with Gasteiger partial charge in [-0.3, -0.25) is 9.59 Å². The maximum absolute atomic E-state index is 13.1. The predicted molar refractivity (Wildman–Crippen MR) is 102 cm³/mol. The Morgan fingerprint density at radius 3 is 2.36 bits per heavy atom. The van der Waals surface area contributed by atoms with Gasteiger partial charge in [0.15, 0.2) is 6.61 Å². The highest BCUT2D eigenvalue weighted by atomic mass is 19.1. The summed E-state index contributed by atoms with van der Waals surface area (Å²) in [5, 5.41) is 7.20. The van der Waals surface area contributed by atoms with E-state index in [4.69, 9.17) is 10.5 Å². The summed E-state index contributed by atoms with van der Waals surface area (Å²) in [6.45, 7) is 3.30. The lowest BCUT2D eigenvalue weighted by Gasteiger charge is -2.08. The number of nitrogens with two attached hydrogens (primary N) is 1. The number of rotatable bonds is 6. The molecule has 8 heteroatoms. The van der Waals surface area contributed by atoms with Crippen LogP contribution in [0, 0.1) is 19.7 Å². The molecule has 0 aliphatic carbocycles. The Bertz CT molecular complexity index is 1010. The van der Waals surface area contributed by atoms with Crippen molar-refractivity contribution < 1.29 is 18.7 Å². The molecule has 0 spiro atoms. The summed E-state index contributed by atoms with van der Waals surface area (Å²) in [5.74, 6) is -0.754. The molecule has 144 valence electrons. The lowest BCUT2D eigenvalue weighted by molar-refractivity contribution is -0.119. The summed E-state index contributed by atoms with van der Waals surface area (Å²) in [7, 11) is 0. The van der Waals surface area contributed by atoms with E-state index < -0.39 is 5.91 Å². The molecule has 0 saturated heterocycles. The maximum Gasteiger partial charge on any atom is 0.259 e. The van der Waals surface area contributed by atoms with Crippen molar-refractivity contribution in [1.29, 1.82) is 0 Å². The van der Waals surface area contributed by atoms with Crippen LogP contribution in [0.3, 0.4) is 0 Å². The van der Waals surface area contributed by atoms with Crippen LogP contribution in [0.4, 0.5) is 10.1 Å². The van der Waals surface area contributed by atoms with Gasteiger partial charge in [-0.15, -0.1) is 0 Å². The van der Waals surface area contributed by atoms with Crippen molar-refractivity contribution in [3.8, 4) is 11.4 Å². The first-order chi connectivity index (χ1) is 13.3. The standard InChI is InChI=1S/C20H19FN4O3/c1-12-19(13(2)25(24-12)16-7-3-14(21)4-8-16)20(27)23-15-5-9-17(10-6-15)28-11-18(22)26/h3-10H,11H2,1-2H3,(H2,22,26)(H,23,27). The molecule has 3 aromatic rings. The minimum Gasteiger partial charge on any atom is -0.484 e. The van der Waals surface area contributed by atoms with Crippen LogP contribution in [0.5, 0.6) is 5.75 Å². The van der Waals surface area contributed by atoms with Crippen molar-refractivity contribution >= 4 is 17.5 Å². The van der Waals surface area contributed by atoms with Crippen LogP contribution in [0.15, 0.2) is 48.5 Å². The first kappa shape index (κ1) is 19.1. The molecule has 0 aliphatic heterocycles. The molecule has 3 rings (SSSR count). The number of hydrogen-bond acceptors (Lipinski definition) is 4. The molecule has 7 nitrogen and oxygen atoms in total. The average Bonchev–Trinajstić information content (AvgIpc) is 2.96. The van der Waals surface area contributed by atoms with Crippen molar-refractivity contribution in [3.63, 3.8) is 0 Å². The van der Waals surface area contributed by atoms with Crippen LogP contribution in [0.1, 0.15) is 21.7 Å². The molecule has 3 N–H and O–H groups in total. The topological polar surface area (TPSA) is 99.2 Å². The van der Waals surface area contributed by atoms with E-state index in [0.29, 0.717) is 34.1 Å². The molecule has 0 atom stereocenters. The fraction of sp³-hybridized carbons (Fsp3) is 0.150. The van der Waals surface area contributed by atoms with Crippen molar-refractivity contribution in [2.45, 2.75) is 13.8 Å². The summed E-state index contributed by atoms with van der Waals surface area (Å²) in [4.78, 5) is 23.5. The highest BCUT2D eigenvalue weighted by Gasteiger charge is 2.19. The Hall–Kier alpha value is -3.68. The number of amides is 2. The minimum absolute atomic E-state index is 0.216. The molecule has 2 aromatic carbocycles. The number of benzene rings is 2. The molecule has 0 radical (unpaired) electrons. The van der Waals surface area contributed by atoms with Gasteiger partial charge in [0.2, 0.25) is 0 Å². The van der Waals surface area contributed by atoms with Gasteiger partial charge >= 0.3 is 0 Å². The van der Waals surface area contributed by atoms with Gasteiger partial charge in [0.1, 0.15) is 11.6 Å². The molecular weight excluding hydrogens is 363 g/mol. The Balaban J connectivity index is 1.77. The number of aromatic nitrogens is 2. The Morgan fingerprint density at radius 1 is 1.11 bits per heavy atom. The molecule has 0 saturated carbocycles. The zero-order chi connectivity index (χ0) is 20.3. The monoisotopic (exact) mass is 382 g/mol. The van der Waals surface area contributed by atoms with E-state index in [0.717, 1.165) is 0 Å². The van der Waals surface area contributed by atoms with E-state index >= 15 is 0 Å². The average molecular weight is 382 g/mol. The quantitative estimate of drug-likeness (QED) is 0.685. The van der Waals surface area contributed by atoms with Crippen LogP contribution in [-0.2, 0) is 4.79 Å². The number of carbonyl (C=O) groups is 2. The van der Waals surface area contributed by atoms with Gasteiger partial charge in [-0.1, -0.05) is 0 Å². The first-order valence-corrected chi connectivity index (χ1v) is 8.50. The highest BCUT2D eigenvalue weighted by molar-refractivity contribution is 6.06. The second-order valence-electron chi connectivity index (χ2n) is 6.17. The highest BCUT2D eigenvalue weighted by Crippen LogP contribution is 2.21. The Labute approximate surface area is 160 Å². The molecular formula is C20H19FN4O3. The van der Waals surface area contributed by atoms with Crippen molar-refractivity contribution in [3.05, 3.63) is 71.3 Å². The predicted octanol–water partition coefficient (Wildman–Crippen LogP) is 2.74. The van der Waals surface area contributed by atoms with Gasteiger partial charge in [0, 0.05) is 5.69 Å². The van der Waals surface area contributed by atoms with E-state index in [1.807, 2.05) is 0 Å². The number of primary amides is 1. The number of aryl methyl sites for hydroxylation is 1. The SMILES string of the molecule is Cc1nn(-c2ccc(F)cc2)c(C)c1C(=O)Nc1ccc(OCC(N)=O)cc1. The second kappa shape index (κ2) is 7.91. The number of anilines is 1. The largest absolute Gasteiger partial charge is 0.484 e. The summed E-state index contributed by atoms with van der Waals surface area (Å²) >= 11 is 0. The molecule has 2 amide bonds. The third-order valence-corrected chi connectivity index (χ3v) is 4.08. The normalized spacial score (nSPS) is 10.5. The van der Waals surface area contributed by atoms with Gasteiger partial charge in [0.05, 0.1) is 22.6 Å². The van der Waals surface area contributed by atoms with Crippen molar-refractivity contribution in [1.82, 2.24) is 9.78 Å². The molecule has 0 fully saturated rings. The van der Waals surface area contributed by atoms with Gasteiger partial charge in [0.25, 0.3) is 11.8 Å². The zero-order valence-electron chi connectivity index (χ0n) is 15.4. The van der Waals surface area contributed by atoms with E-state index in [-0.39, 0.29) is 18.3 Å². The summed E-state index contributed by atoms with van der Waals surface area (Å²) < 4.78 is 19.9. The number of hydrogen-bond donors (Lipinski definition) is 2. The number of halogens is 1. The second-order valence-corrected chi connectivity index (χ2v) is 6.17. The molecule has 1 heterocycles. The van der Waals surface area contributed by atoms with Gasteiger partial charge in [-0.2, -0.15) is 5.10 Å². The van der Waals surface area contributed by atoms with E-state index in [2.05, 4.69) is 10.4 Å². The fourth-order valence-corrected chi connectivity index (χ4v) is 2.79. The third-order valence-electron chi connectivity index (χ3n) is 4.08. The third kappa shape index (κ3) is 4.17. The van der Waals surface area contributed by atoms with Crippen LogP contribution < -0.4 is 15.8 Å². The summed E-state index contributed by atoms with van der Waals surface area (Å²) in [5.41, 5.74) is 7.90. The Morgan fingerprint density at radius 2 is 1.75 bits per heavy atom. The number of ether oxygens (including phenoxy) is 1. The Kier molecular flexibility index (Phi) is 5.39. The van der Waals surface area contributed by atoms with Gasteiger partial charge in [-0.05, 0) is 62.4 Å². The van der Waals surface area contributed by atoms with Crippen LogP contribution >= 0.6 is 0 Å². The van der Waals surface area contributed by atoms with Gasteiger partial charge in [-0.25, -0.2) is 9.07 Å². The van der Waals surface area contributed by atoms with E-state index in [9.17, 15) is 14.0 Å². The number of carbonyl (C=O) groups excluding carboxylic acids is 2. The summed E-state index contributed by atoms with van der Waals surface area (Å²) in [6.07, 6.45) is 0. The lowest BCUT2D eigenvalue weighted by Crippen LogP contribution is -2.20. The van der Waals surface area contributed by atoms with Crippen molar-refractivity contribution in [2.75, 3.05) is 11.9 Å². The van der Waals surface area contributed by atoms with Gasteiger partial charge < -0.3 is 15.8 Å². The van der Waals surface area contributed by atoms with Crippen LogP contribution in [0.2, 0.25) is 0 Å². The molecule has 1 aromatic heterocycles. The summed E-state index contributed by atoms with van der Waals surface area (Å²) in [6, 6.07) is 12.4. The lowest BCUT2D eigenvalue weighted by atomic mass is 10.1. The molecule has 0 aliphatic rings. The van der Waals surface area contributed by atoms with Crippen LogP contribution in [0.25, 0.3) is 5.69 Å². The maximum atomic E-state index is 13.1. The molecule has 28 heavy (non-hydrogen) atoms. The van der Waals surface area contributed by atoms with Crippen molar-refractivity contribution in [2.24, 2.45) is 5.73 Å². The fourth-order valence-electron chi connectivity index (χ4n) is 2.79. The number of nitrogens with one attached hydrogen (secondary N) is 1.